The molecule has 0 rings (SSSR count). The van der Waals surface area contributed by atoms with E-state index in [1.165, 1.54) is 0 Å². The van der Waals surface area contributed by atoms with Crippen LogP contribution in [0, 0.1) is 20.3 Å². The Labute approximate surface area is 110 Å². The molecule has 0 atom stereocenters. The molecular formula is C7H17W3-. The van der Waals surface area contributed by atoms with Crippen molar-refractivity contribution in [1.29, 1.82) is 0 Å². The van der Waals surface area contributed by atoms with E-state index in [-0.39, 0.29) is 70.6 Å². The summed E-state index contributed by atoms with van der Waals surface area (Å²) in [5.74, 6) is 0. The van der Waals surface area contributed by atoms with E-state index in [0.29, 0.717) is 0 Å². The molecule has 0 radical (unpaired) electrons. The van der Waals surface area contributed by atoms with Crippen LogP contribution >= 0.6 is 0 Å². The Bertz CT molecular complexity index is 10.8. The van der Waals surface area contributed by atoms with Crippen LogP contribution in [-0.2, 0) is 63.2 Å². The van der Waals surface area contributed by atoms with Crippen molar-refractivity contribution in [2.75, 3.05) is 0 Å². The van der Waals surface area contributed by atoms with Gasteiger partial charge >= 0.3 is 21.1 Å². The van der Waals surface area contributed by atoms with E-state index < -0.39 is 0 Å². The summed E-state index contributed by atoms with van der Waals surface area (Å²) >= 11 is 0. The molecule has 0 unspecified atom stereocenters. The molecule has 0 aromatic rings. The molecule has 0 saturated heterocycles. The molecule has 0 N–H and O–H groups in total. The Kier molecular flexibility index (Phi) is 272. The summed E-state index contributed by atoms with van der Waals surface area (Å²) in [6, 6.07) is 0. The fraction of sp³-hybridized carbons (Fsp3) is 0.571. The second kappa shape index (κ2) is 67.8. The summed E-state index contributed by atoms with van der Waals surface area (Å²) in [7, 11) is 0. The predicted octanol–water partition coefficient (Wildman–Crippen LogP) is 2.90. The Balaban J connectivity index is -0.00000000571. The van der Waals surface area contributed by atoms with Crippen LogP contribution in [0.5, 0.6) is 0 Å². The van der Waals surface area contributed by atoms with Crippen molar-refractivity contribution >= 4 is 0 Å². The fourth-order valence-corrected chi connectivity index (χ4v) is 0. The van der Waals surface area contributed by atoms with Gasteiger partial charge in [0.15, 0.2) is 0 Å². The first-order valence-electron chi connectivity index (χ1n) is 2.31. The minimum atomic E-state index is 0. The smallest absolute Gasteiger partial charge is 0.358 e. The van der Waals surface area contributed by atoms with Gasteiger partial charge in [-0.2, -0.15) is 27.7 Å². The SMILES string of the molecule is C[CH-]C.C[CH-]C.[CH3-].[W+2].[W].[W]. The Morgan fingerprint density at radius 1 is 0.700 bits per heavy atom. The van der Waals surface area contributed by atoms with Crippen LogP contribution in [0.15, 0.2) is 0 Å². The molecule has 0 aromatic heterocycles. The molecule has 0 saturated carbocycles. The van der Waals surface area contributed by atoms with Gasteiger partial charge in [-0.25, -0.2) is 0 Å². The molecule has 0 amide bonds. The average molecular weight is 653 g/mol. The van der Waals surface area contributed by atoms with Gasteiger partial charge in [-0.15, -0.1) is 0 Å². The fourth-order valence-electron chi connectivity index (χ4n) is 0. The third-order valence-electron chi connectivity index (χ3n) is 0. The van der Waals surface area contributed by atoms with Crippen LogP contribution < -0.4 is 0 Å². The number of rotatable bonds is 0. The second-order valence-electron chi connectivity index (χ2n) is 1.15. The molecular weight excluding hydrogens is 636 g/mol. The van der Waals surface area contributed by atoms with E-state index in [2.05, 4.69) is 0 Å². The molecule has 10 heavy (non-hydrogen) atoms. The largest absolute Gasteiger partial charge is 2.00 e. The maximum atomic E-state index is 2.00. The van der Waals surface area contributed by atoms with Gasteiger partial charge in [0.1, 0.15) is 0 Å². The standard InChI is InChI=1S/2C3H7.CH3.3W/c2*1-3-2;;;;/h2*3H,1-2H3;1H3;;;/q3*-1;;;+2. The van der Waals surface area contributed by atoms with Crippen molar-refractivity contribution < 1.29 is 63.2 Å². The van der Waals surface area contributed by atoms with Crippen molar-refractivity contribution in [1.82, 2.24) is 0 Å². The Morgan fingerprint density at radius 3 is 0.700 bits per heavy atom. The van der Waals surface area contributed by atoms with Gasteiger partial charge in [0, 0.05) is 42.1 Å². The van der Waals surface area contributed by atoms with Crippen LogP contribution in [0.4, 0.5) is 0 Å². The minimum Gasteiger partial charge on any atom is -0.358 e. The van der Waals surface area contributed by atoms with Crippen LogP contribution in [0.3, 0.4) is 0 Å². The van der Waals surface area contributed by atoms with Crippen LogP contribution in [0.1, 0.15) is 27.7 Å². The molecule has 64 valence electrons. The summed E-state index contributed by atoms with van der Waals surface area (Å²) in [5, 5.41) is 0. The van der Waals surface area contributed by atoms with Crippen LogP contribution in [0.2, 0.25) is 0 Å². The van der Waals surface area contributed by atoms with Gasteiger partial charge in [-0.05, 0) is 0 Å². The first-order valence-corrected chi connectivity index (χ1v) is 2.31. The normalized spacial score (nSPS) is 3.60. The van der Waals surface area contributed by atoms with E-state index in [1.807, 2.05) is 40.5 Å². The zero-order chi connectivity index (χ0) is 5.41. The van der Waals surface area contributed by atoms with Gasteiger partial charge in [0.05, 0.1) is 0 Å². The van der Waals surface area contributed by atoms with Crippen molar-refractivity contribution in [3.63, 3.8) is 0 Å². The van der Waals surface area contributed by atoms with E-state index >= 15 is 0 Å². The molecule has 0 spiro atoms. The van der Waals surface area contributed by atoms with E-state index in [9.17, 15) is 0 Å². The van der Waals surface area contributed by atoms with Gasteiger partial charge < -0.3 is 20.3 Å². The van der Waals surface area contributed by atoms with Crippen LogP contribution in [0.25, 0.3) is 0 Å². The summed E-state index contributed by atoms with van der Waals surface area (Å²) < 4.78 is 0. The van der Waals surface area contributed by atoms with Crippen molar-refractivity contribution in [3.8, 4) is 0 Å². The quantitative estimate of drug-likeness (QED) is 0.354. The average Bonchev–Trinajstić information content (AvgIpc) is 1.39. The van der Waals surface area contributed by atoms with Gasteiger partial charge in [-0.3, -0.25) is 0 Å². The Hall–Kier alpha value is 2.06. The molecule has 0 aliphatic heterocycles. The van der Waals surface area contributed by atoms with Gasteiger partial charge in [0.25, 0.3) is 0 Å². The molecule has 0 bridgehead atoms. The molecule has 0 nitrogen and oxygen atoms in total. The van der Waals surface area contributed by atoms with Crippen molar-refractivity contribution in [3.05, 3.63) is 20.3 Å². The molecule has 3 heteroatoms. The summed E-state index contributed by atoms with van der Waals surface area (Å²) in [4.78, 5) is 0. The summed E-state index contributed by atoms with van der Waals surface area (Å²) in [6.07, 6.45) is 4.00. The zero-order valence-electron chi connectivity index (χ0n) is 7.38. The number of hydrogen-bond acceptors (Lipinski definition) is 0. The minimum absolute atomic E-state index is 0. The molecule has 0 aliphatic rings. The van der Waals surface area contributed by atoms with E-state index in [0.717, 1.165) is 0 Å². The maximum Gasteiger partial charge on any atom is 2.00 e. The molecule has 0 aromatic carbocycles. The maximum absolute atomic E-state index is 2.00. The monoisotopic (exact) mass is 653 g/mol. The van der Waals surface area contributed by atoms with Gasteiger partial charge in [-0.1, -0.05) is 0 Å². The third-order valence-corrected chi connectivity index (χ3v) is 0. The summed E-state index contributed by atoms with van der Waals surface area (Å²) in [6.45, 7) is 8.00. The molecule has 0 fully saturated rings. The first-order chi connectivity index (χ1) is 2.83. The zero-order valence-corrected chi connectivity index (χ0v) is 16.2. The molecule has 0 heterocycles. The first kappa shape index (κ1) is 40.2. The second-order valence-corrected chi connectivity index (χ2v) is 1.15. The van der Waals surface area contributed by atoms with E-state index in [4.69, 9.17) is 0 Å². The molecule has 0 aliphatic carbocycles. The summed E-state index contributed by atoms with van der Waals surface area (Å²) in [5.41, 5.74) is 0. The topological polar surface area (TPSA) is 0 Å². The Morgan fingerprint density at radius 2 is 0.700 bits per heavy atom. The van der Waals surface area contributed by atoms with E-state index in [1.54, 1.807) is 0 Å². The van der Waals surface area contributed by atoms with Gasteiger partial charge in [0.2, 0.25) is 0 Å². The van der Waals surface area contributed by atoms with Crippen LogP contribution in [-0.4, -0.2) is 0 Å². The predicted molar refractivity (Wildman–Crippen MR) is 37.7 cm³/mol. The van der Waals surface area contributed by atoms with Crippen molar-refractivity contribution in [2.24, 2.45) is 0 Å². The third kappa shape index (κ3) is 194. The number of hydrogen-bond donors (Lipinski definition) is 0. The van der Waals surface area contributed by atoms with Crippen molar-refractivity contribution in [2.45, 2.75) is 27.7 Å².